The molecule has 1 aromatic rings. The second-order valence-electron chi connectivity index (χ2n) is 7.40. The summed E-state index contributed by atoms with van der Waals surface area (Å²) in [6.07, 6.45) is 0.310. The van der Waals surface area contributed by atoms with E-state index < -0.39 is 11.9 Å². The molecular weight excluding hydrogens is 269 g/mol. The molecule has 0 bridgehead atoms. The molecule has 4 heteroatoms. The molecule has 0 radical (unpaired) electrons. The smallest absolute Gasteiger partial charge is 0.165 e. The van der Waals surface area contributed by atoms with E-state index >= 15 is 0 Å². The highest BCUT2D eigenvalue weighted by Crippen LogP contribution is 2.26. The Morgan fingerprint density at radius 2 is 1.81 bits per heavy atom. The zero-order valence-electron chi connectivity index (χ0n) is 13.7. The summed E-state index contributed by atoms with van der Waals surface area (Å²) < 4.78 is 18.7. The van der Waals surface area contributed by atoms with Crippen molar-refractivity contribution >= 4 is 0 Å². The Bertz CT molecular complexity index is 441. The number of ether oxygens (including phenoxy) is 1. The highest BCUT2D eigenvalue weighted by Gasteiger charge is 2.25. The molecule has 0 fully saturated rings. The Morgan fingerprint density at radius 3 is 2.38 bits per heavy atom. The van der Waals surface area contributed by atoms with Crippen LogP contribution in [0.15, 0.2) is 24.3 Å². The molecule has 0 saturated carbocycles. The predicted octanol–water partition coefficient (Wildman–Crippen LogP) is 3.37. The van der Waals surface area contributed by atoms with Gasteiger partial charge in [-0.05, 0) is 37.8 Å². The van der Waals surface area contributed by atoms with Crippen LogP contribution < -0.4 is 10.1 Å². The first-order valence-corrected chi connectivity index (χ1v) is 7.39. The summed E-state index contributed by atoms with van der Waals surface area (Å²) in [4.78, 5) is 0. The van der Waals surface area contributed by atoms with Crippen molar-refractivity contribution in [1.29, 1.82) is 0 Å². The van der Waals surface area contributed by atoms with E-state index in [1.807, 2.05) is 0 Å². The van der Waals surface area contributed by atoms with Crippen molar-refractivity contribution in [3.63, 3.8) is 0 Å². The molecule has 0 aromatic heterocycles. The van der Waals surface area contributed by atoms with Gasteiger partial charge < -0.3 is 15.2 Å². The van der Waals surface area contributed by atoms with Crippen LogP contribution in [0.1, 0.15) is 41.0 Å². The molecular formula is C17H28FNO2. The van der Waals surface area contributed by atoms with Gasteiger partial charge in [-0.3, -0.25) is 0 Å². The minimum absolute atomic E-state index is 0.0690. The highest BCUT2D eigenvalue weighted by atomic mass is 19.1. The van der Waals surface area contributed by atoms with E-state index in [1.165, 1.54) is 6.07 Å². The van der Waals surface area contributed by atoms with Crippen LogP contribution in [0.4, 0.5) is 4.39 Å². The lowest BCUT2D eigenvalue weighted by atomic mass is 9.82. The van der Waals surface area contributed by atoms with Crippen LogP contribution in [-0.4, -0.2) is 29.9 Å². The standard InChI is InChI=1S/C17H28FNO2/c1-16(2,3)12-17(4,5)19-10-13(20)11-21-15-9-7-6-8-14(15)18/h6-9,13,19-20H,10-12H2,1-5H3/t13-/m1/s1. The summed E-state index contributed by atoms with van der Waals surface area (Å²) in [5.74, 6) is -0.240. The van der Waals surface area contributed by atoms with Crippen molar-refractivity contribution in [2.75, 3.05) is 13.2 Å². The fourth-order valence-corrected chi connectivity index (χ4v) is 2.59. The molecule has 0 aliphatic heterocycles. The SMILES string of the molecule is CC(C)(C)CC(C)(C)NC[C@@H](O)COc1ccccc1F. The zero-order chi connectivity index (χ0) is 16.1. The van der Waals surface area contributed by atoms with Crippen LogP contribution >= 0.6 is 0 Å². The summed E-state index contributed by atoms with van der Waals surface area (Å²) in [6.45, 7) is 11.3. The minimum Gasteiger partial charge on any atom is -0.488 e. The molecule has 1 aromatic carbocycles. The minimum atomic E-state index is -0.677. The summed E-state index contributed by atoms with van der Waals surface area (Å²) in [5.41, 5.74) is 0.141. The first-order valence-electron chi connectivity index (χ1n) is 7.39. The average Bonchev–Trinajstić information content (AvgIpc) is 2.33. The number of nitrogens with one attached hydrogen (secondary N) is 1. The van der Waals surface area contributed by atoms with Crippen LogP contribution in [0.2, 0.25) is 0 Å². The van der Waals surface area contributed by atoms with Crippen LogP contribution in [0.5, 0.6) is 5.75 Å². The molecule has 21 heavy (non-hydrogen) atoms. The Labute approximate surface area is 127 Å². The summed E-state index contributed by atoms with van der Waals surface area (Å²) in [6, 6.07) is 6.20. The number of benzene rings is 1. The Hall–Kier alpha value is -1.13. The maximum atomic E-state index is 13.4. The van der Waals surface area contributed by atoms with Crippen LogP contribution in [-0.2, 0) is 0 Å². The zero-order valence-corrected chi connectivity index (χ0v) is 13.7. The lowest BCUT2D eigenvalue weighted by Crippen LogP contribution is -2.46. The van der Waals surface area contributed by atoms with Gasteiger partial charge in [-0.2, -0.15) is 0 Å². The molecule has 3 nitrogen and oxygen atoms in total. The summed E-state index contributed by atoms with van der Waals surface area (Å²) >= 11 is 0. The quantitative estimate of drug-likeness (QED) is 0.811. The van der Waals surface area contributed by atoms with E-state index in [4.69, 9.17) is 4.74 Å². The third-order valence-corrected chi connectivity index (χ3v) is 3.06. The maximum Gasteiger partial charge on any atom is 0.165 e. The normalized spacial score (nSPS) is 14.0. The van der Waals surface area contributed by atoms with Crippen molar-refractivity contribution in [3.05, 3.63) is 30.1 Å². The molecule has 1 atom stereocenters. The van der Waals surface area contributed by atoms with E-state index in [9.17, 15) is 9.50 Å². The molecule has 120 valence electrons. The van der Waals surface area contributed by atoms with Gasteiger partial charge in [-0.1, -0.05) is 32.9 Å². The van der Waals surface area contributed by atoms with Gasteiger partial charge in [0.1, 0.15) is 12.7 Å². The molecule has 0 unspecified atom stereocenters. The van der Waals surface area contributed by atoms with Crippen LogP contribution in [0.3, 0.4) is 0 Å². The third-order valence-electron chi connectivity index (χ3n) is 3.06. The number of aliphatic hydroxyl groups is 1. The van der Waals surface area contributed by atoms with E-state index in [1.54, 1.807) is 18.2 Å². The predicted molar refractivity (Wildman–Crippen MR) is 84.1 cm³/mol. The fourth-order valence-electron chi connectivity index (χ4n) is 2.59. The van der Waals surface area contributed by atoms with Crippen molar-refractivity contribution in [1.82, 2.24) is 5.32 Å². The first-order chi connectivity index (χ1) is 9.59. The number of rotatable bonds is 7. The number of halogens is 1. The molecule has 0 aliphatic rings. The molecule has 0 amide bonds. The van der Waals surface area contributed by atoms with Gasteiger partial charge in [0.25, 0.3) is 0 Å². The second-order valence-corrected chi connectivity index (χ2v) is 7.40. The number of β-amino-alcohol motifs (C(OH)–C–C–N with tert-alkyl or cyclic N) is 1. The Kier molecular flexibility index (Phi) is 6.17. The van der Waals surface area contributed by atoms with Gasteiger partial charge in [0, 0.05) is 12.1 Å². The maximum absolute atomic E-state index is 13.4. The number of para-hydroxylation sites is 1. The lowest BCUT2D eigenvalue weighted by molar-refractivity contribution is 0.0925. The first kappa shape index (κ1) is 17.9. The van der Waals surface area contributed by atoms with Gasteiger partial charge in [0.15, 0.2) is 11.6 Å². The van der Waals surface area contributed by atoms with E-state index in [2.05, 4.69) is 39.9 Å². The van der Waals surface area contributed by atoms with Gasteiger partial charge >= 0.3 is 0 Å². The summed E-state index contributed by atoms with van der Waals surface area (Å²) in [7, 11) is 0. The van der Waals surface area contributed by atoms with E-state index in [0.717, 1.165) is 6.42 Å². The van der Waals surface area contributed by atoms with Gasteiger partial charge in [0.05, 0.1) is 0 Å². The lowest BCUT2D eigenvalue weighted by Gasteiger charge is -2.34. The van der Waals surface area contributed by atoms with Gasteiger partial charge in [-0.15, -0.1) is 0 Å². The Morgan fingerprint density at radius 1 is 1.19 bits per heavy atom. The van der Waals surface area contributed by atoms with Crippen molar-refractivity contribution in [2.24, 2.45) is 5.41 Å². The summed E-state index contributed by atoms with van der Waals surface area (Å²) in [5, 5.41) is 13.3. The third kappa shape index (κ3) is 7.44. The van der Waals surface area contributed by atoms with Gasteiger partial charge in [0.2, 0.25) is 0 Å². The molecule has 0 aliphatic carbocycles. The Balaban J connectivity index is 2.37. The number of hydrogen-bond acceptors (Lipinski definition) is 3. The van der Waals surface area contributed by atoms with Crippen LogP contribution in [0, 0.1) is 11.2 Å². The van der Waals surface area contributed by atoms with E-state index in [0.29, 0.717) is 6.54 Å². The second kappa shape index (κ2) is 7.23. The van der Waals surface area contributed by atoms with Crippen LogP contribution in [0.25, 0.3) is 0 Å². The fraction of sp³-hybridized carbons (Fsp3) is 0.647. The average molecular weight is 297 g/mol. The number of aliphatic hydroxyl groups excluding tert-OH is 1. The number of hydrogen-bond donors (Lipinski definition) is 2. The molecule has 0 heterocycles. The molecule has 0 spiro atoms. The molecule has 2 N–H and O–H groups in total. The van der Waals surface area contributed by atoms with Crippen molar-refractivity contribution in [2.45, 2.75) is 52.7 Å². The molecule has 0 saturated heterocycles. The highest BCUT2D eigenvalue weighted by molar-refractivity contribution is 5.23. The van der Waals surface area contributed by atoms with Crippen molar-refractivity contribution < 1.29 is 14.2 Å². The van der Waals surface area contributed by atoms with Gasteiger partial charge in [-0.25, -0.2) is 4.39 Å². The largest absolute Gasteiger partial charge is 0.488 e. The topological polar surface area (TPSA) is 41.5 Å². The monoisotopic (exact) mass is 297 g/mol. The van der Waals surface area contributed by atoms with Crippen molar-refractivity contribution in [3.8, 4) is 5.75 Å². The molecule has 1 rings (SSSR count). The van der Waals surface area contributed by atoms with E-state index in [-0.39, 0.29) is 23.3 Å².